The summed E-state index contributed by atoms with van der Waals surface area (Å²) in [5.41, 5.74) is 1.62. The van der Waals surface area contributed by atoms with E-state index in [2.05, 4.69) is 10.3 Å². The van der Waals surface area contributed by atoms with Gasteiger partial charge < -0.3 is 5.32 Å². The van der Waals surface area contributed by atoms with Crippen molar-refractivity contribution >= 4 is 16.8 Å². The molecule has 1 atom stereocenters. The van der Waals surface area contributed by atoms with E-state index in [0.29, 0.717) is 28.8 Å². The number of rotatable bonds is 6. The Morgan fingerprint density at radius 1 is 1.19 bits per heavy atom. The van der Waals surface area contributed by atoms with Gasteiger partial charge in [0.2, 0.25) is 0 Å². The lowest BCUT2D eigenvalue weighted by atomic mass is 9.92. The first-order chi connectivity index (χ1) is 15.3. The Morgan fingerprint density at radius 3 is 2.56 bits per heavy atom. The number of fused-ring (bicyclic) bond motifs is 1. The highest BCUT2D eigenvalue weighted by atomic mass is 19.4. The summed E-state index contributed by atoms with van der Waals surface area (Å²) >= 11 is 0. The van der Waals surface area contributed by atoms with Gasteiger partial charge in [-0.05, 0) is 30.7 Å². The molecule has 1 aromatic heterocycles. The summed E-state index contributed by atoms with van der Waals surface area (Å²) in [5.74, 6) is 0.0426. The summed E-state index contributed by atoms with van der Waals surface area (Å²) in [6.45, 7) is 3.51. The number of aromatic nitrogens is 1. The monoisotopic (exact) mass is 445 g/mol. The predicted octanol–water partition coefficient (Wildman–Crippen LogP) is 4.94. The number of pyridine rings is 1. The summed E-state index contributed by atoms with van der Waals surface area (Å²) < 4.78 is 50.9. The third kappa shape index (κ3) is 4.60. The predicted molar refractivity (Wildman–Crippen MR) is 115 cm³/mol. The quantitative estimate of drug-likeness (QED) is 0.547. The fourth-order valence-corrected chi connectivity index (χ4v) is 3.99. The number of nitrogens with one attached hydrogen (secondary N) is 1. The van der Waals surface area contributed by atoms with Crippen LogP contribution in [0.4, 0.5) is 17.6 Å². The van der Waals surface area contributed by atoms with Gasteiger partial charge in [0.1, 0.15) is 6.67 Å². The van der Waals surface area contributed by atoms with Gasteiger partial charge in [-0.25, -0.2) is 4.39 Å². The Balaban J connectivity index is 1.51. The van der Waals surface area contributed by atoms with Gasteiger partial charge >= 0.3 is 6.18 Å². The second kappa shape index (κ2) is 8.86. The lowest BCUT2D eigenvalue weighted by Gasteiger charge is -2.42. The second-order valence-electron chi connectivity index (χ2n) is 8.15. The summed E-state index contributed by atoms with van der Waals surface area (Å²) in [5, 5.41) is 3.71. The number of benzene rings is 2. The highest BCUT2D eigenvalue weighted by Crippen LogP contribution is 2.33. The van der Waals surface area contributed by atoms with Crippen LogP contribution >= 0.6 is 0 Å². The summed E-state index contributed by atoms with van der Waals surface area (Å²) in [7, 11) is 0. The average molecular weight is 445 g/mol. The zero-order valence-electron chi connectivity index (χ0n) is 17.5. The number of alkyl halides is 4. The SMILES string of the molecule is C[C@@H](NC(=O)c1cnc2c(-c3ccc(C(F)(F)F)cc3)cccc2c1)C1CN(CCF)C1. The van der Waals surface area contributed by atoms with Crippen LogP contribution in [0.1, 0.15) is 22.8 Å². The molecule has 3 aromatic rings. The molecule has 4 nitrogen and oxygen atoms in total. The molecule has 1 N–H and O–H groups in total. The average Bonchev–Trinajstić information content (AvgIpc) is 2.74. The Hall–Kier alpha value is -3.00. The van der Waals surface area contributed by atoms with Gasteiger partial charge in [-0.3, -0.25) is 14.7 Å². The standard InChI is InChI=1S/C24H23F4N3O/c1-15(19-13-31(14-19)10-9-25)30-23(32)18-11-17-3-2-4-21(22(17)29-12-18)16-5-7-20(8-6-16)24(26,27)28/h2-8,11-12,15,19H,9-10,13-14H2,1H3,(H,30,32)/t15-/m1/s1. The normalized spacial score (nSPS) is 16.0. The van der Waals surface area contributed by atoms with Crippen molar-refractivity contribution in [3.63, 3.8) is 0 Å². The fraction of sp³-hybridized carbons (Fsp3) is 0.333. The lowest BCUT2D eigenvalue weighted by Crippen LogP contribution is -2.56. The molecular weight excluding hydrogens is 422 g/mol. The summed E-state index contributed by atoms with van der Waals surface area (Å²) in [6.07, 6.45) is -2.91. The number of nitrogens with zero attached hydrogens (tertiary/aromatic N) is 2. The molecule has 0 unspecified atom stereocenters. The van der Waals surface area contributed by atoms with Gasteiger partial charge in [0.05, 0.1) is 16.6 Å². The maximum absolute atomic E-state index is 12.8. The Morgan fingerprint density at radius 2 is 1.91 bits per heavy atom. The van der Waals surface area contributed by atoms with Crippen molar-refractivity contribution in [3.05, 3.63) is 65.9 Å². The highest BCUT2D eigenvalue weighted by molar-refractivity contribution is 6.00. The molecule has 0 saturated carbocycles. The molecule has 2 aromatic carbocycles. The first-order valence-corrected chi connectivity index (χ1v) is 10.4. The Kier molecular flexibility index (Phi) is 6.15. The molecular formula is C24H23F4N3O. The first kappa shape index (κ1) is 22.2. The van der Waals surface area contributed by atoms with Crippen LogP contribution in [0.5, 0.6) is 0 Å². The van der Waals surface area contributed by atoms with Gasteiger partial charge in [-0.1, -0.05) is 30.3 Å². The van der Waals surface area contributed by atoms with E-state index in [4.69, 9.17) is 0 Å². The molecule has 32 heavy (non-hydrogen) atoms. The molecule has 1 amide bonds. The number of carbonyl (C=O) groups excluding carboxylic acids is 1. The summed E-state index contributed by atoms with van der Waals surface area (Å²) in [6, 6.07) is 12.0. The molecule has 2 heterocycles. The van der Waals surface area contributed by atoms with E-state index in [0.717, 1.165) is 30.6 Å². The van der Waals surface area contributed by atoms with Gasteiger partial charge in [0.25, 0.3) is 5.91 Å². The number of para-hydroxylation sites is 1. The van der Waals surface area contributed by atoms with E-state index in [1.807, 2.05) is 17.9 Å². The van der Waals surface area contributed by atoms with Crippen LogP contribution in [0.2, 0.25) is 0 Å². The van der Waals surface area contributed by atoms with Crippen LogP contribution in [0.3, 0.4) is 0 Å². The van der Waals surface area contributed by atoms with Gasteiger partial charge in [0.15, 0.2) is 0 Å². The Labute approximate surface area is 183 Å². The minimum atomic E-state index is -4.39. The van der Waals surface area contributed by atoms with Gasteiger partial charge in [-0.15, -0.1) is 0 Å². The molecule has 0 spiro atoms. The maximum atomic E-state index is 12.8. The Bertz CT molecular complexity index is 1110. The van der Waals surface area contributed by atoms with E-state index in [1.54, 1.807) is 18.2 Å². The van der Waals surface area contributed by atoms with E-state index in [9.17, 15) is 22.4 Å². The summed E-state index contributed by atoms with van der Waals surface area (Å²) in [4.78, 5) is 19.2. The number of halogens is 4. The smallest absolute Gasteiger partial charge is 0.349 e. The number of hydrogen-bond donors (Lipinski definition) is 1. The van der Waals surface area contributed by atoms with E-state index in [-0.39, 0.29) is 24.5 Å². The molecule has 1 aliphatic rings. The number of likely N-dealkylation sites (tertiary alicyclic amines) is 1. The minimum Gasteiger partial charge on any atom is -0.349 e. The number of hydrogen-bond acceptors (Lipinski definition) is 3. The molecule has 0 radical (unpaired) electrons. The van der Waals surface area contributed by atoms with Gasteiger partial charge in [0, 0.05) is 48.7 Å². The molecule has 168 valence electrons. The fourth-order valence-electron chi connectivity index (χ4n) is 3.99. The molecule has 1 fully saturated rings. The van der Waals surface area contributed by atoms with E-state index < -0.39 is 11.7 Å². The molecule has 1 saturated heterocycles. The zero-order valence-corrected chi connectivity index (χ0v) is 17.5. The lowest BCUT2D eigenvalue weighted by molar-refractivity contribution is -0.137. The number of amides is 1. The van der Waals surface area contributed by atoms with Crippen LogP contribution in [-0.2, 0) is 6.18 Å². The molecule has 1 aliphatic heterocycles. The van der Waals surface area contributed by atoms with E-state index in [1.165, 1.54) is 18.3 Å². The second-order valence-corrected chi connectivity index (χ2v) is 8.15. The minimum absolute atomic E-state index is 0.0486. The highest BCUT2D eigenvalue weighted by Gasteiger charge is 2.32. The zero-order chi connectivity index (χ0) is 22.9. The van der Waals surface area contributed by atoms with Crippen molar-refractivity contribution < 1.29 is 22.4 Å². The molecule has 0 aliphatic carbocycles. The van der Waals surface area contributed by atoms with Crippen LogP contribution in [0.15, 0.2) is 54.7 Å². The number of carbonyl (C=O) groups is 1. The van der Waals surface area contributed by atoms with Crippen LogP contribution < -0.4 is 5.32 Å². The topological polar surface area (TPSA) is 45.2 Å². The maximum Gasteiger partial charge on any atom is 0.416 e. The molecule has 8 heteroatoms. The van der Waals surface area contributed by atoms with Crippen LogP contribution in [0.25, 0.3) is 22.0 Å². The first-order valence-electron chi connectivity index (χ1n) is 10.4. The van der Waals surface area contributed by atoms with Crippen molar-refractivity contribution in [2.45, 2.75) is 19.1 Å². The van der Waals surface area contributed by atoms with Crippen LogP contribution in [0, 0.1) is 5.92 Å². The van der Waals surface area contributed by atoms with Crippen molar-refractivity contribution in [3.8, 4) is 11.1 Å². The van der Waals surface area contributed by atoms with Crippen molar-refractivity contribution in [1.29, 1.82) is 0 Å². The van der Waals surface area contributed by atoms with Crippen molar-refractivity contribution in [2.24, 2.45) is 5.92 Å². The van der Waals surface area contributed by atoms with Crippen molar-refractivity contribution in [1.82, 2.24) is 15.2 Å². The third-order valence-corrected chi connectivity index (χ3v) is 5.95. The molecule has 0 bridgehead atoms. The largest absolute Gasteiger partial charge is 0.416 e. The molecule has 4 rings (SSSR count). The van der Waals surface area contributed by atoms with Gasteiger partial charge in [-0.2, -0.15) is 13.2 Å². The van der Waals surface area contributed by atoms with E-state index >= 15 is 0 Å². The van der Waals surface area contributed by atoms with Crippen LogP contribution in [-0.4, -0.2) is 48.1 Å². The van der Waals surface area contributed by atoms with Crippen molar-refractivity contribution in [2.75, 3.05) is 26.3 Å². The third-order valence-electron chi connectivity index (χ3n) is 5.95.